The Kier molecular flexibility index (Phi) is 7.60. The van der Waals surface area contributed by atoms with Crippen molar-refractivity contribution in [3.63, 3.8) is 0 Å². The van der Waals surface area contributed by atoms with Gasteiger partial charge in [-0.2, -0.15) is 0 Å². The molecule has 0 aromatic heterocycles. The Balaban J connectivity index is 1.44. The monoisotopic (exact) mass is 407 g/mol. The Hall–Kier alpha value is -3.15. The summed E-state index contributed by atoms with van der Waals surface area (Å²) in [7, 11) is 1.87. The molecule has 2 aromatic carbocycles. The van der Waals surface area contributed by atoms with Crippen LogP contribution < -0.4 is 10.6 Å². The lowest BCUT2D eigenvalue weighted by Crippen LogP contribution is -2.38. The maximum atomic E-state index is 12.7. The molecule has 3 rings (SSSR count). The van der Waals surface area contributed by atoms with Gasteiger partial charge in [0.2, 0.25) is 5.91 Å². The van der Waals surface area contributed by atoms with E-state index in [9.17, 15) is 14.4 Å². The molecule has 2 aromatic rings. The first-order chi connectivity index (χ1) is 14.5. The number of nitrogens with one attached hydrogen (secondary N) is 2. The molecule has 6 nitrogen and oxygen atoms in total. The van der Waals surface area contributed by atoms with Gasteiger partial charge >= 0.3 is 0 Å². The maximum absolute atomic E-state index is 12.7. The summed E-state index contributed by atoms with van der Waals surface area (Å²) in [4.78, 5) is 38.7. The van der Waals surface area contributed by atoms with Crippen LogP contribution in [0.25, 0.3) is 0 Å². The van der Waals surface area contributed by atoms with E-state index in [0.717, 1.165) is 12.8 Å². The van der Waals surface area contributed by atoms with Gasteiger partial charge in [0.25, 0.3) is 11.8 Å². The summed E-state index contributed by atoms with van der Waals surface area (Å²) in [6.07, 6.45) is 5.92. The largest absolute Gasteiger partial charge is 0.352 e. The van der Waals surface area contributed by atoms with Crippen LogP contribution in [-0.2, 0) is 4.79 Å². The Labute approximate surface area is 177 Å². The number of hydrogen-bond donors (Lipinski definition) is 2. The second-order valence-electron chi connectivity index (χ2n) is 7.71. The second-order valence-corrected chi connectivity index (χ2v) is 7.71. The lowest BCUT2D eigenvalue weighted by molar-refractivity contribution is -0.116. The second kappa shape index (κ2) is 10.6. The number of anilines is 1. The van der Waals surface area contributed by atoms with E-state index in [4.69, 9.17) is 0 Å². The highest BCUT2D eigenvalue weighted by molar-refractivity contribution is 5.96. The number of carbonyl (C=O) groups is 3. The van der Waals surface area contributed by atoms with Crippen molar-refractivity contribution in [3.8, 4) is 0 Å². The predicted molar refractivity (Wildman–Crippen MR) is 117 cm³/mol. The summed E-state index contributed by atoms with van der Waals surface area (Å²) in [5.41, 5.74) is 1.82. The summed E-state index contributed by atoms with van der Waals surface area (Å²) >= 11 is 0. The highest BCUT2D eigenvalue weighted by atomic mass is 16.2. The molecule has 3 amide bonds. The van der Waals surface area contributed by atoms with E-state index in [1.807, 2.05) is 18.0 Å². The molecule has 1 saturated carbocycles. The van der Waals surface area contributed by atoms with Gasteiger partial charge in [-0.05, 0) is 49.2 Å². The van der Waals surface area contributed by atoms with Crippen LogP contribution >= 0.6 is 0 Å². The molecule has 0 aliphatic heterocycles. The third-order valence-electron chi connectivity index (χ3n) is 5.53. The first kappa shape index (κ1) is 21.6. The predicted octanol–water partition coefficient (Wildman–Crippen LogP) is 3.85. The average molecular weight is 408 g/mol. The van der Waals surface area contributed by atoms with Crippen LogP contribution in [0.15, 0.2) is 54.6 Å². The van der Waals surface area contributed by atoms with Crippen LogP contribution in [0.3, 0.4) is 0 Å². The molecule has 0 spiro atoms. The molecule has 2 N–H and O–H groups in total. The van der Waals surface area contributed by atoms with Crippen molar-refractivity contribution < 1.29 is 14.4 Å². The van der Waals surface area contributed by atoms with E-state index in [0.29, 0.717) is 22.9 Å². The van der Waals surface area contributed by atoms with E-state index >= 15 is 0 Å². The summed E-state index contributed by atoms with van der Waals surface area (Å²) in [6, 6.07) is 16.2. The zero-order chi connectivity index (χ0) is 21.3. The number of nitrogens with zero attached hydrogens (tertiary/aromatic N) is 1. The van der Waals surface area contributed by atoms with Gasteiger partial charge in [0, 0.05) is 42.9 Å². The summed E-state index contributed by atoms with van der Waals surface area (Å²) < 4.78 is 0. The van der Waals surface area contributed by atoms with Crippen LogP contribution in [0.5, 0.6) is 0 Å². The van der Waals surface area contributed by atoms with Crippen LogP contribution in [0.1, 0.15) is 59.2 Å². The molecule has 0 saturated heterocycles. The Morgan fingerprint density at radius 3 is 2.23 bits per heavy atom. The lowest BCUT2D eigenvalue weighted by atomic mass is 9.94. The van der Waals surface area contributed by atoms with Gasteiger partial charge in [0.15, 0.2) is 0 Å². The molecule has 1 fully saturated rings. The SMILES string of the molecule is CN(C(=O)c1ccc(NC(=O)CCNC(=O)c2ccccc2)cc1)C1CCCCC1. The van der Waals surface area contributed by atoms with Gasteiger partial charge < -0.3 is 15.5 Å². The fourth-order valence-corrected chi connectivity index (χ4v) is 3.74. The molecule has 158 valence electrons. The van der Waals surface area contributed by atoms with E-state index in [-0.39, 0.29) is 30.7 Å². The lowest BCUT2D eigenvalue weighted by Gasteiger charge is -2.31. The molecular weight excluding hydrogens is 378 g/mol. The molecule has 0 heterocycles. The minimum absolute atomic E-state index is 0.0170. The highest BCUT2D eigenvalue weighted by Crippen LogP contribution is 2.23. The van der Waals surface area contributed by atoms with Gasteiger partial charge in [-0.3, -0.25) is 14.4 Å². The molecule has 1 aliphatic rings. The zero-order valence-corrected chi connectivity index (χ0v) is 17.4. The van der Waals surface area contributed by atoms with Crippen LogP contribution in [0, 0.1) is 0 Å². The van der Waals surface area contributed by atoms with Crippen LogP contribution in [-0.4, -0.2) is 42.3 Å². The van der Waals surface area contributed by atoms with Crippen molar-refractivity contribution in [2.24, 2.45) is 0 Å². The number of rotatable bonds is 7. The third kappa shape index (κ3) is 5.92. The van der Waals surface area contributed by atoms with Gasteiger partial charge in [0.1, 0.15) is 0 Å². The van der Waals surface area contributed by atoms with Gasteiger partial charge in [-0.1, -0.05) is 37.5 Å². The first-order valence-corrected chi connectivity index (χ1v) is 10.5. The fourth-order valence-electron chi connectivity index (χ4n) is 3.74. The van der Waals surface area contributed by atoms with Crippen molar-refractivity contribution in [3.05, 3.63) is 65.7 Å². The smallest absolute Gasteiger partial charge is 0.253 e. The minimum Gasteiger partial charge on any atom is -0.352 e. The summed E-state index contributed by atoms with van der Waals surface area (Å²) in [6.45, 7) is 0.252. The van der Waals surface area contributed by atoms with E-state index in [2.05, 4.69) is 10.6 Å². The third-order valence-corrected chi connectivity index (χ3v) is 5.53. The zero-order valence-electron chi connectivity index (χ0n) is 17.4. The number of amides is 3. The highest BCUT2D eigenvalue weighted by Gasteiger charge is 2.22. The number of hydrogen-bond acceptors (Lipinski definition) is 3. The quantitative estimate of drug-likeness (QED) is 0.732. The van der Waals surface area contributed by atoms with E-state index in [1.54, 1.807) is 48.5 Å². The van der Waals surface area contributed by atoms with E-state index in [1.165, 1.54) is 19.3 Å². The molecule has 6 heteroatoms. The van der Waals surface area contributed by atoms with Crippen LogP contribution in [0.4, 0.5) is 5.69 Å². The van der Waals surface area contributed by atoms with Gasteiger partial charge in [0.05, 0.1) is 0 Å². The van der Waals surface area contributed by atoms with Crippen molar-refractivity contribution in [2.45, 2.75) is 44.6 Å². The van der Waals surface area contributed by atoms with Crippen molar-refractivity contribution in [2.75, 3.05) is 18.9 Å². The Morgan fingerprint density at radius 1 is 0.900 bits per heavy atom. The van der Waals surface area contributed by atoms with E-state index < -0.39 is 0 Å². The molecule has 0 atom stereocenters. The summed E-state index contributed by atoms with van der Waals surface area (Å²) in [5, 5.41) is 5.53. The van der Waals surface area contributed by atoms with Crippen LogP contribution in [0.2, 0.25) is 0 Å². The van der Waals surface area contributed by atoms with Gasteiger partial charge in [-0.15, -0.1) is 0 Å². The van der Waals surface area contributed by atoms with Gasteiger partial charge in [-0.25, -0.2) is 0 Å². The topological polar surface area (TPSA) is 78.5 Å². The normalized spacial score (nSPS) is 14.0. The Morgan fingerprint density at radius 2 is 1.57 bits per heavy atom. The number of carbonyl (C=O) groups excluding carboxylic acids is 3. The number of benzene rings is 2. The molecule has 1 aliphatic carbocycles. The average Bonchev–Trinajstić information content (AvgIpc) is 2.79. The van der Waals surface area contributed by atoms with Crippen molar-refractivity contribution >= 4 is 23.4 Å². The Bertz CT molecular complexity index is 859. The molecule has 0 unspecified atom stereocenters. The van der Waals surface area contributed by atoms with Crippen molar-refractivity contribution in [1.82, 2.24) is 10.2 Å². The summed E-state index contributed by atoms with van der Waals surface area (Å²) in [5.74, 6) is -0.376. The molecular formula is C24H29N3O3. The van der Waals surface area contributed by atoms with Crippen molar-refractivity contribution in [1.29, 1.82) is 0 Å². The molecule has 0 radical (unpaired) electrons. The maximum Gasteiger partial charge on any atom is 0.253 e. The molecule has 0 bridgehead atoms. The fraction of sp³-hybridized carbons (Fsp3) is 0.375. The standard InChI is InChI=1S/C24H29N3O3/c1-27(21-10-6-3-7-11-21)24(30)19-12-14-20(15-13-19)26-22(28)16-17-25-23(29)18-8-4-2-5-9-18/h2,4-5,8-9,12-15,21H,3,6-7,10-11,16-17H2,1H3,(H,25,29)(H,26,28). The first-order valence-electron chi connectivity index (χ1n) is 10.5. The molecule has 30 heavy (non-hydrogen) atoms. The minimum atomic E-state index is -0.201.